The van der Waals surface area contributed by atoms with E-state index in [0.717, 1.165) is 28.6 Å². The first-order valence-electron chi connectivity index (χ1n) is 7.31. The highest BCUT2D eigenvalue weighted by atomic mass is 32.2. The average Bonchev–Trinajstić information content (AvgIpc) is 2.97. The van der Waals surface area contributed by atoms with Crippen molar-refractivity contribution in [3.8, 4) is 6.07 Å². The monoisotopic (exact) mass is 342 g/mol. The second-order valence-corrected chi connectivity index (χ2v) is 6.37. The number of nitriles is 1. The lowest BCUT2D eigenvalue weighted by Crippen LogP contribution is -2.33. The van der Waals surface area contributed by atoms with Crippen LogP contribution in [0.25, 0.3) is 0 Å². The summed E-state index contributed by atoms with van der Waals surface area (Å²) in [7, 11) is 1.73. The quantitative estimate of drug-likeness (QED) is 0.861. The number of aromatic nitrogens is 2. The summed E-state index contributed by atoms with van der Waals surface area (Å²) >= 11 is 1.16. The average molecular weight is 342 g/mol. The molecule has 0 saturated carbocycles. The number of imide groups is 1. The van der Waals surface area contributed by atoms with Gasteiger partial charge in [-0.3, -0.25) is 14.9 Å². The molecule has 2 amide bonds. The van der Waals surface area contributed by atoms with E-state index in [1.807, 2.05) is 20.8 Å². The van der Waals surface area contributed by atoms with Gasteiger partial charge in [-0.25, -0.2) is 4.98 Å². The van der Waals surface area contributed by atoms with Gasteiger partial charge < -0.3 is 4.57 Å². The van der Waals surface area contributed by atoms with Gasteiger partial charge in [0.1, 0.15) is 16.8 Å². The van der Waals surface area contributed by atoms with Crippen molar-refractivity contribution in [2.45, 2.75) is 25.8 Å². The summed E-state index contributed by atoms with van der Waals surface area (Å²) < 4.78 is 1.64. The molecule has 24 heavy (non-hydrogen) atoms. The van der Waals surface area contributed by atoms with Gasteiger partial charge in [0.25, 0.3) is 5.91 Å². The predicted molar refractivity (Wildman–Crippen MR) is 91.8 cm³/mol. The van der Waals surface area contributed by atoms with E-state index < -0.39 is 11.8 Å². The molecule has 0 spiro atoms. The number of hydrogen-bond acceptors (Lipinski definition) is 5. The maximum absolute atomic E-state index is 12.0. The molecule has 0 fully saturated rings. The second kappa shape index (κ2) is 7.32. The molecule has 2 rings (SSSR count). The van der Waals surface area contributed by atoms with Gasteiger partial charge >= 0.3 is 0 Å². The molecule has 0 bridgehead atoms. The molecule has 2 aromatic heterocycles. The highest BCUT2D eigenvalue weighted by Gasteiger charge is 2.16. The number of amides is 2. The summed E-state index contributed by atoms with van der Waals surface area (Å²) in [5, 5.41) is 12.2. The fourth-order valence-electron chi connectivity index (χ4n) is 2.21. The summed E-state index contributed by atoms with van der Waals surface area (Å²) in [5.74, 6) is -0.856. The minimum Gasteiger partial charge on any atom is -0.347 e. The normalized spacial score (nSPS) is 10.3. The van der Waals surface area contributed by atoms with Crippen molar-refractivity contribution in [1.29, 1.82) is 5.26 Å². The number of nitrogens with one attached hydrogen (secondary N) is 1. The molecule has 124 valence electrons. The molecule has 7 heteroatoms. The van der Waals surface area contributed by atoms with E-state index in [9.17, 15) is 14.9 Å². The van der Waals surface area contributed by atoms with Crippen LogP contribution in [0.4, 0.5) is 0 Å². The lowest BCUT2D eigenvalue weighted by atomic mass is 10.1. The van der Waals surface area contributed by atoms with E-state index in [1.165, 1.54) is 0 Å². The number of aryl methyl sites for hydroxylation is 2. The number of pyridine rings is 1. The maximum Gasteiger partial charge on any atom is 0.274 e. The Balaban J connectivity index is 2.06. The molecule has 0 unspecified atom stereocenters. The summed E-state index contributed by atoms with van der Waals surface area (Å²) in [6.07, 6.45) is 1.73. The summed E-state index contributed by atoms with van der Waals surface area (Å²) in [4.78, 5) is 28.4. The van der Waals surface area contributed by atoms with Crippen LogP contribution in [-0.2, 0) is 11.8 Å². The van der Waals surface area contributed by atoms with Crippen LogP contribution in [-0.4, -0.2) is 27.1 Å². The first-order chi connectivity index (χ1) is 11.3. The van der Waals surface area contributed by atoms with Crippen molar-refractivity contribution in [2.24, 2.45) is 7.05 Å². The molecule has 0 aliphatic rings. The van der Waals surface area contributed by atoms with Crippen molar-refractivity contribution in [1.82, 2.24) is 14.9 Å². The third-order valence-electron chi connectivity index (χ3n) is 3.84. The number of carbonyl (C=O) groups is 2. The minimum absolute atomic E-state index is 0.0137. The van der Waals surface area contributed by atoms with Gasteiger partial charge in [0, 0.05) is 18.9 Å². The molecule has 2 aromatic rings. The number of rotatable bonds is 4. The largest absolute Gasteiger partial charge is 0.347 e. The van der Waals surface area contributed by atoms with E-state index in [2.05, 4.69) is 16.4 Å². The molecule has 6 nitrogen and oxygen atoms in total. The van der Waals surface area contributed by atoms with Crippen LogP contribution in [0.1, 0.15) is 32.9 Å². The standard InChI is InChI=1S/C17H18N4O2S/c1-10-11(2)13(8-18)17(19-12(10)3)24-9-15(22)20-16(23)14-6-5-7-21(14)4/h5-7H,9H2,1-4H3,(H,20,22,23). The van der Waals surface area contributed by atoms with E-state index in [4.69, 9.17) is 0 Å². The highest BCUT2D eigenvalue weighted by Crippen LogP contribution is 2.26. The molecule has 0 aliphatic carbocycles. The van der Waals surface area contributed by atoms with Gasteiger partial charge in [-0.1, -0.05) is 11.8 Å². The van der Waals surface area contributed by atoms with Crippen LogP contribution in [0.3, 0.4) is 0 Å². The topological polar surface area (TPSA) is 87.8 Å². The van der Waals surface area contributed by atoms with Gasteiger partial charge in [0.05, 0.1) is 11.3 Å². The van der Waals surface area contributed by atoms with Gasteiger partial charge in [0.2, 0.25) is 5.91 Å². The molecule has 0 saturated heterocycles. The molecule has 1 N–H and O–H groups in total. The van der Waals surface area contributed by atoms with Crippen molar-refractivity contribution in [3.63, 3.8) is 0 Å². The molecular formula is C17H18N4O2S. The zero-order chi connectivity index (χ0) is 17.9. The third-order valence-corrected chi connectivity index (χ3v) is 4.82. The van der Waals surface area contributed by atoms with E-state index in [1.54, 1.807) is 29.9 Å². The van der Waals surface area contributed by atoms with Gasteiger partial charge in [-0.15, -0.1) is 0 Å². The fourth-order valence-corrected chi connectivity index (χ4v) is 3.09. The fraction of sp³-hybridized carbons (Fsp3) is 0.294. The first kappa shape index (κ1) is 17.8. The lowest BCUT2D eigenvalue weighted by molar-refractivity contribution is -0.117. The molecule has 0 radical (unpaired) electrons. The minimum atomic E-state index is -0.446. The zero-order valence-corrected chi connectivity index (χ0v) is 14.8. The van der Waals surface area contributed by atoms with Gasteiger partial charge in [-0.2, -0.15) is 5.26 Å². The first-order valence-corrected chi connectivity index (χ1v) is 8.30. The van der Waals surface area contributed by atoms with Crippen LogP contribution in [0.5, 0.6) is 0 Å². The Morgan fingerprint density at radius 1 is 1.33 bits per heavy atom. The number of nitrogens with zero attached hydrogens (tertiary/aromatic N) is 3. The molecule has 0 atom stereocenters. The van der Waals surface area contributed by atoms with Crippen LogP contribution in [0, 0.1) is 32.1 Å². The van der Waals surface area contributed by atoms with Crippen molar-refractivity contribution < 1.29 is 9.59 Å². The van der Waals surface area contributed by atoms with Crippen molar-refractivity contribution in [2.75, 3.05) is 5.75 Å². The van der Waals surface area contributed by atoms with Gasteiger partial charge in [-0.05, 0) is 44.0 Å². The maximum atomic E-state index is 12.0. The molecule has 0 aliphatic heterocycles. The van der Waals surface area contributed by atoms with E-state index in [-0.39, 0.29) is 5.75 Å². The summed E-state index contributed by atoms with van der Waals surface area (Å²) in [6, 6.07) is 5.51. The molecule has 0 aromatic carbocycles. The smallest absolute Gasteiger partial charge is 0.274 e. The number of thioether (sulfide) groups is 1. The van der Waals surface area contributed by atoms with Crippen LogP contribution in [0.2, 0.25) is 0 Å². The molecule has 2 heterocycles. The Morgan fingerprint density at radius 3 is 2.62 bits per heavy atom. The number of carbonyl (C=O) groups excluding carboxylic acids is 2. The lowest BCUT2D eigenvalue weighted by Gasteiger charge is -2.11. The second-order valence-electron chi connectivity index (χ2n) is 5.41. The van der Waals surface area contributed by atoms with Crippen molar-refractivity contribution >= 4 is 23.6 Å². The summed E-state index contributed by atoms with van der Waals surface area (Å²) in [5.41, 5.74) is 3.55. The van der Waals surface area contributed by atoms with Crippen molar-refractivity contribution in [3.05, 3.63) is 46.4 Å². The zero-order valence-electron chi connectivity index (χ0n) is 14.0. The number of hydrogen-bond donors (Lipinski definition) is 1. The van der Waals surface area contributed by atoms with Crippen LogP contribution in [0.15, 0.2) is 23.4 Å². The summed E-state index contributed by atoms with van der Waals surface area (Å²) in [6.45, 7) is 5.65. The SMILES string of the molecule is Cc1nc(SCC(=O)NC(=O)c2cccn2C)c(C#N)c(C)c1C. The molecular weight excluding hydrogens is 324 g/mol. The Labute approximate surface area is 144 Å². The Morgan fingerprint density at radius 2 is 2.04 bits per heavy atom. The van der Waals surface area contributed by atoms with Gasteiger partial charge in [0.15, 0.2) is 0 Å². The van der Waals surface area contributed by atoms with Crippen LogP contribution >= 0.6 is 11.8 Å². The third kappa shape index (κ3) is 3.66. The highest BCUT2D eigenvalue weighted by molar-refractivity contribution is 8.00. The Kier molecular flexibility index (Phi) is 5.42. The van der Waals surface area contributed by atoms with E-state index >= 15 is 0 Å². The van der Waals surface area contributed by atoms with Crippen LogP contribution < -0.4 is 5.32 Å². The van der Waals surface area contributed by atoms with E-state index in [0.29, 0.717) is 16.3 Å². The predicted octanol–water partition coefficient (Wildman–Crippen LogP) is 2.27. The Hall–Kier alpha value is -2.59. The Bertz CT molecular complexity index is 849.